The van der Waals surface area contributed by atoms with Gasteiger partial charge in [-0.15, -0.1) is 0 Å². The first-order valence-corrected chi connectivity index (χ1v) is 8.29. The van der Waals surface area contributed by atoms with Crippen LogP contribution < -0.4 is 5.73 Å². The summed E-state index contributed by atoms with van der Waals surface area (Å²) in [7, 11) is -3.79. The minimum Gasteiger partial charge on any atom is -0.320 e. The van der Waals surface area contributed by atoms with Crippen molar-refractivity contribution in [3.63, 3.8) is 0 Å². The summed E-state index contributed by atoms with van der Waals surface area (Å²) in [5.74, 6) is 5.07. The van der Waals surface area contributed by atoms with Crippen molar-refractivity contribution < 1.29 is 12.8 Å². The largest absolute Gasteiger partial charge is 0.320 e. The molecule has 6 heteroatoms. The summed E-state index contributed by atoms with van der Waals surface area (Å²) in [5.41, 5.74) is 5.67. The van der Waals surface area contributed by atoms with E-state index in [4.69, 9.17) is 5.73 Å². The van der Waals surface area contributed by atoms with E-state index < -0.39 is 15.8 Å². The van der Waals surface area contributed by atoms with E-state index in [2.05, 4.69) is 11.8 Å². The number of nitrogens with zero attached hydrogens (tertiary/aromatic N) is 1. The number of hydrogen-bond acceptors (Lipinski definition) is 3. The second-order valence-electron chi connectivity index (χ2n) is 5.43. The van der Waals surface area contributed by atoms with Crippen molar-refractivity contribution in [3.8, 4) is 11.8 Å². The lowest BCUT2D eigenvalue weighted by Crippen LogP contribution is -2.29. The molecule has 1 aromatic carbocycles. The second-order valence-corrected chi connectivity index (χ2v) is 7.33. The molecule has 1 heterocycles. The van der Waals surface area contributed by atoms with E-state index in [1.807, 2.05) is 13.8 Å². The zero-order valence-corrected chi connectivity index (χ0v) is 13.0. The van der Waals surface area contributed by atoms with E-state index in [1.165, 1.54) is 16.4 Å². The van der Waals surface area contributed by atoms with Gasteiger partial charge < -0.3 is 5.73 Å². The highest BCUT2D eigenvalue weighted by molar-refractivity contribution is 7.89. The highest BCUT2D eigenvalue weighted by Crippen LogP contribution is 2.29. The van der Waals surface area contributed by atoms with Gasteiger partial charge in [0.15, 0.2) is 0 Å². The summed E-state index contributed by atoms with van der Waals surface area (Å²) in [6, 6.07) is 3.92. The highest BCUT2D eigenvalue weighted by atomic mass is 32.2. The lowest BCUT2D eigenvalue weighted by Gasteiger charge is -2.16. The van der Waals surface area contributed by atoms with E-state index in [0.717, 1.165) is 6.07 Å². The average Bonchev–Trinajstić information content (AvgIpc) is 2.77. The SMILES string of the molecule is CC1CN(S(=O)(=O)c2ccc(C#CCN)cc2F)CC1C. The monoisotopic (exact) mass is 310 g/mol. The Bertz CT molecular complexity index is 681. The van der Waals surface area contributed by atoms with Crippen molar-refractivity contribution >= 4 is 10.0 Å². The van der Waals surface area contributed by atoms with Gasteiger partial charge >= 0.3 is 0 Å². The molecule has 1 aromatic rings. The van der Waals surface area contributed by atoms with Crippen molar-refractivity contribution in [2.24, 2.45) is 17.6 Å². The molecule has 1 aliphatic heterocycles. The third-order valence-corrected chi connectivity index (χ3v) is 5.70. The van der Waals surface area contributed by atoms with Crippen molar-refractivity contribution in [2.75, 3.05) is 19.6 Å². The smallest absolute Gasteiger partial charge is 0.246 e. The zero-order chi connectivity index (χ0) is 15.6. The number of halogens is 1. The molecule has 1 fully saturated rings. The summed E-state index contributed by atoms with van der Waals surface area (Å²) in [6.45, 7) is 5.03. The molecule has 1 aliphatic rings. The molecule has 0 amide bonds. The Kier molecular flexibility index (Phi) is 4.67. The summed E-state index contributed by atoms with van der Waals surface area (Å²) >= 11 is 0. The van der Waals surface area contributed by atoms with E-state index in [1.54, 1.807) is 0 Å². The first-order valence-electron chi connectivity index (χ1n) is 6.85. The van der Waals surface area contributed by atoms with E-state index in [-0.39, 0.29) is 23.3 Å². The molecule has 0 aliphatic carbocycles. The van der Waals surface area contributed by atoms with Gasteiger partial charge in [0.1, 0.15) is 10.7 Å². The van der Waals surface area contributed by atoms with Crippen LogP contribution in [0.5, 0.6) is 0 Å². The van der Waals surface area contributed by atoms with Crippen LogP contribution in [0.1, 0.15) is 19.4 Å². The van der Waals surface area contributed by atoms with Gasteiger partial charge in [-0.3, -0.25) is 0 Å². The van der Waals surface area contributed by atoms with Crippen LogP contribution in [0, 0.1) is 29.5 Å². The van der Waals surface area contributed by atoms with Gasteiger partial charge in [0, 0.05) is 18.7 Å². The van der Waals surface area contributed by atoms with Crippen LogP contribution >= 0.6 is 0 Å². The molecule has 2 rings (SSSR count). The molecule has 0 bridgehead atoms. The predicted octanol–water partition coefficient (Wildman–Crippen LogP) is 1.41. The third kappa shape index (κ3) is 3.26. The van der Waals surface area contributed by atoms with E-state index in [9.17, 15) is 12.8 Å². The zero-order valence-electron chi connectivity index (χ0n) is 12.1. The van der Waals surface area contributed by atoms with E-state index >= 15 is 0 Å². The average molecular weight is 310 g/mol. The van der Waals surface area contributed by atoms with Gasteiger partial charge in [0.2, 0.25) is 10.0 Å². The highest BCUT2D eigenvalue weighted by Gasteiger charge is 2.36. The summed E-state index contributed by atoms with van der Waals surface area (Å²) in [4.78, 5) is -0.290. The van der Waals surface area contributed by atoms with Crippen LogP contribution in [0.15, 0.2) is 23.1 Å². The number of sulfonamides is 1. The summed E-state index contributed by atoms with van der Waals surface area (Å²) < 4.78 is 40.5. The van der Waals surface area contributed by atoms with Crippen LogP contribution in [0.2, 0.25) is 0 Å². The quantitative estimate of drug-likeness (QED) is 0.840. The summed E-state index contributed by atoms with van der Waals surface area (Å²) in [6.07, 6.45) is 0. The van der Waals surface area contributed by atoms with Gasteiger partial charge in [0.05, 0.1) is 6.54 Å². The van der Waals surface area contributed by atoms with Crippen molar-refractivity contribution in [1.82, 2.24) is 4.31 Å². The fraction of sp³-hybridized carbons (Fsp3) is 0.467. The van der Waals surface area contributed by atoms with Gasteiger partial charge in [-0.1, -0.05) is 25.7 Å². The fourth-order valence-electron chi connectivity index (χ4n) is 2.35. The minimum absolute atomic E-state index is 0.172. The standard InChI is InChI=1S/C15H19FN2O2S/c1-11-9-18(10-12(11)2)21(19,20)15-6-5-13(4-3-7-17)8-14(15)16/h5-6,8,11-12H,7,9-10,17H2,1-2H3. The Hall–Kier alpha value is -1.42. The molecule has 0 radical (unpaired) electrons. The van der Waals surface area contributed by atoms with Crippen molar-refractivity contribution in [3.05, 3.63) is 29.6 Å². The third-order valence-electron chi connectivity index (χ3n) is 3.84. The molecule has 2 unspecified atom stereocenters. The number of nitrogens with two attached hydrogens (primary N) is 1. The maximum absolute atomic E-state index is 14.1. The Morgan fingerprint density at radius 3 is 2.48 bits per heavy atom. The molecule has 0 spiro atoms. The number of rotatable bonds is 2. The molecule has 0 aromatic heterocycles. The molecule has 2 atom stereocenters. The first kappa shape index (κ1) is 16.0. The maximum Gasteiger partial charge on any atom is 0.246 e. The van der Waals surface area contributed by atoms with Gasteiger partial charge in [-0.2, -0.15) is 4.31 Å². The molecule has 1 saturated heterocycles. The second kappa shape index (κ2) is 6.14. The normalized spacial score (nSPS) is 22.9. The molecule has 0 saturated carbocycles. The number of hydrogen-bond donors (Lipinski definition) is 1. The molecule has 4 nitrogen and oxygen atoms in total. The van der Waals surface area contributed by atoms with Gasteiger partial charge in [-0.05, 0) is 30.0 Å². The van der Waals surface area contributed by atoms with Crippen molar-refractivity contribution in [1.29, 1.82) is 0 Å². The van der Waals surface area contributed by atoms with Crippen LogP contribution in [0.4, 0.5) is 4.39 Å². The van der Waals surface area contributed by atoms with Gasteiger partial charge in [-0.25, -0.2) is 12.8 Å². The predicted molar refractivity (Wildman–Crippen MR) is 79.4 cm³/mol. The fourth-order valence-corrected chi connectivity index (χ4v) is 4.04. The Balaban J connectivity index is 2.33. The Morgan fingerprint density at radius 1 is 1.33 bits per heavy atom. The molecular formula is C15H19FN2O2S. The molecule has 2 N–H and O–H groups in total. The van der Waals surface area contributed by atoms with Crippen LogP contribution in [0.25, 0.3) is 0 Å². The van der Waals surface area contributed by atoms with E-state index in [0.29, 0.717) is 18.7 Å². The van der Waals surface area contributed by atoms with Gasteiger partial charge in [0.25, 0.3) is 0 Å². The lowest BCUT2D eigenvalue weighted by atomic mass is 10.0. The minimum atomic E-state index is -3.79. The lowest BCUT2D eigenvalue weighted by molar-refractivity contribution is 0.456. The molecule has 114 valence electrons. The van der Waals surface area contributed by atoms with Crippen LogP contribution in [-0.2, 0) is 10.0 Å². The molecule has 21 heavy (non-hydrogen) atoms. The maximum atomic E-state index is 14.1. The van der Waals surface area contributed by atoms with Crippen LogP contribution in [0.3, 0.4) is 0 Å². The summed E-state index contributed by atoms with van der Waals surface area (Å²) in [5, 5.41) is 0. The van der Waals surface area contributed by atoms with Crippen LogP contribution in [-0.4, -0.2) is 32.4 Å². The van der Waals surface area contributed by atoms with Crippen molar-refractivity contribution in [2.45, 2.75) is 18.7 Å². The molecular weight excluding hydrogens is 291 g/mol. The first-order chi connectivity index (χ1) is 9.86. The topological polar surface area (TPSA) is 63.4 Å². The Labute approximate surface area is 125 Å². The Morgan fingerprint density at radius 2 is 1.95 bits per heavy atom. The number of benzene rings is 1.